The Balaban J connectivity index is 1.39. The summed E-state index contributed by atoms with van der Waals surface area (Å²) >= 11 is 1.72. The molecule has 4 rings (SSSR count). The SMILES string of the molecule is CSCc1nc2ccccc2n1CC(=O)NCCN1c2ccccc2CC1C. The van der Waals surface area contributed by atoms with Gasteiger partial charge in [-0.1, -0.05) is 30.3 Å². The molecule has 3 aromatic rings. The summed E-state index contributed by atoms with van der Waals surface area (Å²) in [4.78, 5) is 19.7. The number of amides is 1. The highest BCUT2D eigenvalue weighted by Gasteiger charge is 2.25. The number of nitrogens with one attached hydrogen (secondary N) is 1. The highest BCUT2D eigenvalue weighted by atomic mass is 32.2. The highest BCUT2D eigenvalue weighted by molar-refractivity contribution is 7.97. The second-order valence-electron chi connectivity index (χ2n) is 7.26. The lowest BCUT2D eigenvalue weighted by molar-refractivity contribution is -0.121. The average Bonchev–Trinajstić information content (AvgIpc) is 3.20. The van der Waals surface area contributed by atoms with Crippen LogP contribution in [-0.4, -0.2) is 40.8 Å². The smallest absolute Gasteiger partial charge is 0.240 e. The minimum absolute atomic E-state index is 0.0330. The number of aromatic nitrogens is 2. The van der Waals surface area contributed by atoms with Crippen molar-refractivity contribution in [2.45, 2.75) is 31.7 Å². The first-order valence-electron chi connectivity index (χ1n) is 9.71. The number of thioether (sulfide) groups is 1. The van der Waals surface area contributed by atoms with Gasteiger partial charge in [0.1, 0.15) is 12.4 Å². The summed E-state index contributed by atoms with van der Waals surface area (Å²) in [6.45, 7) is 4.02. The summed E-state index contributed by atoms with van der Waals surface area (Å²) in [5, 5.41) is 3.10. The highest BCUT2D eigenvalue weighted by Crippen LogP contribution is 2.31. The van der Waals surface area contributed by atoms with Crippen LogP contribution in [0.1, 0.15) is 18.3 Å². The summed E-state index contributed by atoms with van der Waals surface area (Å²) in [6, 6.07) is 17.0. The normalized spacial score (nSPS) is 15.8. The molecular weight excluding hydrogens is 368 g/mol. The molecule has 1 aliphatic heterocycles. The number of hydrogen-bond donors (Lipinski definition) is 1. The zero-order chi connectivity index (χ0) is 19.5. The topological polar surface area (TPSA) is 50.2 Å². The average molecular weight is 395 g/mol. The molecule has 2 heterocycles. The molecule has 28 heavy (non-hydrogen) atoms. The first kappa shape index (κ1) is 18.9. The van der Waals surface area contributed by atoms with Gasteiger partial charge in [-0.25, -0.2) is 4.98 Å². The lowest BCUT2D eigenvalue weighted by Gasteiger charge is -2.25. The molecule has 1 unspecified atom stereocenters. The van der Waals surface area contributed by atoms with E-state index in [4.69, 9.17) is 0 Å². The van der Waals surface area contributed by atoms with Gasteiger partial charge in [0.15, 0.2) is 0 Å². The van der Waals surface area contributed by atoms with Gasteiger partial charge in [-0.3, -0.25) is 4.79 Å². The van der Waals surface area contributed by atoms with Gasteiger partial charge in [-0.05, 0) is 43.4 Å². The summed E-state index contributed by atoms with van der Waals surface area (Å²) in [5.41, 5.74) is 4.66. The predicted octanol–water partition coefficient (Wildman–Crippen LogP) is 3.47. The molecule has 0 aliphatic carbocycles. The molecule has 6 heteroatoms. The van der Waals surface area contributed by atoms with Crippen molar-refractivity contribution in [1.29, 1.82) is 0 Å². The Morgan fingerprint density at radius 2 is 2.00 bits per heavy atom. The molecule has 0 saturated carbocycles. The van der Waals surface area contributed by atoms with Crippen molar-refractivity contribution in [1.82, 2.24) is 14.9 Å². The van der Waals surface area contributed by atoms with Gasteiger partial charge in [0.05, 0.1) is 16.8 Å². The molecule has 0 saturated heterocycles. The van der Waals surface area contributed by atoms with Crippen molar-refractivity contribution in [2.24, 2.45) is 0 Å². The summed E-state index contributed by atoms with van der Waals surface area (Å²) in [7, 11) is 0. The number of para-hydroxylation sites is 3. The van der Waals surface area contributed by atoms with Crippen molar-refractivity contribution >= 4 is 34.4 Å². The zero-order valence-corrected chi connectivity index (χ0v) is 17.2. The Kier molecular flexibility index (Phi) is 5.57. The summed E-state index contributed by atoms with van der Waals surface area (Å²) in [6.07, 6.45) is 3.13. The molecule has 0 fully saturated rings. The van der Waals surface area contributed by atoms with Gasteiger partial charge in [0.2, 0.25) is 5.91 Å². The number of anilines is 1. The van der Waals surface area contributed by atoms with Gasteiger partial charge >= 0.3 is 0 Å². The molecular formula is C22H26N4OS. The van der Waals surface area contributed by atoms with Crippen molar-refractivity contribution in [2.75, 3.05) is 24.2 Å². The van der Waals surface area contributed by atoms with E-state index in [0.29, 0.717) is 19.1 Å². The second-order valence-corrected chi connectivity index (χ2v) is 8.13. The summed E-state index contributed by atoms with van der Waals surface area (Å²) < 4.78 is 2.04. The van der Waals surface area contributed by atoms with Crippen LogP contribution in [0.25, 0.3) is 11.0 Å². The van der Waals surface area contributed by atoms with Gasteiger partial charge in [-0.2, -0.15) is 11.8 Å². The number of carbonyl (C=O) groups excluding carboxylic acids is 1. The van der Waals surface area contributed by atoms with Crippen molar-refractivity contribution < 1.29 is 4.79 Å². The van der Waals surface area contributed by atoms with Crippen LogP contribution < -0.4 is 10.2 Å². The fourth-order valence-electron chi connectivity index (χ4n) is 4.03. The van der Waals surface area contributed by atoms with E-state index in [1.54, 1.807) is 11.8 Å². The van der Waals surface area contributed by atoms with E-state index in [1.807, 2.05) is 28.8 Å². The molecule has 1 atom stereocenters. The molecule has 1 aliphatic rings. The Morgan fingerprint density at radius 1 is 1.21 bits per heavy atom. The first-order valence-corrected chi connectivity index (χ1v) is 11.1. The third kappa shape index (κ3) is 3.74. The van der Waals surface area contributed by atoms with Gasteiger partial charge in [0.25, 0.3) is 0 Å². The monoisotopic (exact) mass is 394 g/mol. The molecule has 146 valence electrons. The van der Waals surface area contributed by atoms with E-state index < -0.39 is 0 Å². The zero-order valence-electron chi connectivity index (χ0n) is 16.4. The lowest BCUT2D eigenvalue weighted by atomic mass is 10.1. The largest absolute Gasteiger partial charge is 0.367 e. The van der Waals surface area contributed by atoms with Crippen LogP contribution in [-0.2, 0) is 23.5 Å². The van der Waals surface area contributed by atoms with E-state index in [1.165, 1.54) is 11.3 Å². The van der Waals surface area contributed by atoms with E-state index in [9.17, 15) is 4.79 Å². The first-order chi connectivity index (χ1) is 13.7. The molecule has 1 aromatic heterocycles. The summed E-state index contributed by atoms with van der Waals surface area (Å²) in [5.74, 6) is 1.78. The number of hydrogen-bond acceptors (Lipinski definition) is 4. The minimum Gasteiger partial charge on any atom is -0.367 e. The van der Waals surface area contributed by atoms with Crippen LogP contribution in [0.3, 0.4) is 0 Å². The molecule has 0 spiro atoms. The fraction of sp³-hybridized carbons (Fsp3) is 0.364. The standard InChI is InChI=1S/C22H26N4OS/c1-16-13-17-7-3-5-9-19(17)25(16)12-11-23-22(27)14-26-20-10-6-4-8-18(20)24-21(26)15-28-2/h3-10,16H,11-15H2,1-2H3,(H,23,27). The number of nitrogens with zero attached hydrogens (tertiary/aromatic N) is 3. The number of fused-ring (bicyclic) bond motifs is 2. The van der Waals surface area contributed by atoms with E-state index in [0.717, 1.165) is 35.6 Å². The Hall–Kier alpha value is -2.47. The van der Waals surface area contributed by atoms with Crippen molar-refractivity contribution in [3.05, 3.63) is 59.9 Å². The van der Waals surface area contributed by atoms with Crippen LogP contribution >= 0.6 is 11.8 Å². The maximum absolute atomic E-state index is 12.6. The molecule has 0 radical (unpaired) electrons. The van der Waals surface area contributed by atoms with E-state index >= 15 is 0 Å². The lowest BCUT2D eigenvalue weighted by Crippen LogP contribution is -2.39. The molecule has 1 N–H and O–H groups in total. The van der Waals surface area contributed by atoms with Gasteiger partial charge in [0, 0.05) is 24.8 Å². The molecule has 0 bridgehead atoms. The van der Waals surface area contributed by atoms with Gasteiger partial charge < -0.3 is 14.8 Å². The maximum Gasteiger partial charge on any atom is 0.240 e. The molecule has 1 amide bonds. The van der Waals surface area contributed by atoms with Gasteiger partial charge in [-0.15, -0.1) is 0 Å². The predicted molar refractivity (Wildman–Crippen MR) is 117 cm³/mol. The van der Waals surface area contributed by atoms with Crippen molar-refractivity contribution in [3.8, 4) is 0 Å². The number of imidazole rings is 1. The minimum atomic E-state index is 0.0330. The number of benzene rings is 2. The Labute approximate surface area is 170 Å². The maximum atomic E-state index is 12.6. The second kappa shape index (κ2) is 8.27. The van der Waals surface area contributed by atoms with E-state index in [2.05, 4.69) is 52.6 Å². The van der Waals surface area contributed by atoms with Crippen LogP contribution in [0.2, 0.25) is 0 Å². The Bertz CT molecular complexity index is 984. The Morgan fingerprint density at radius 3 is 2.86 bits per heavy atom. The van der Waals surface area contributed by atoms with Crippen molar-refractivity contribution in [3.63, 3.8) is 0 Å². The fourth-order valence-corrected chi connectivity index (χ4v) is 4.51. The number of carbonyl (C=O) groups is 1. The molecule has 2 aromatic carbocycles. The van der Waals surface area contributed by atoms with Crippen LogP contribution in [0.4, 0.5) is 5.69 Å². The quantitative estimate of drug-likeness (QED) is 0.667. The molecule has 5 nitrogen and oxygen atoms in total. The van der Waals surface area contributed by atoms with E-state index in [-0.39, 0.29) is 5.91 Å². The third-order valence-electron chi connectivity index (χ3n) is 5.33. The van der Waals surface area contributed by atoms with Crippen LogP contribution in [0.15, 0.2) is 48.5 Å². The van der Waals surface area contributed by atoms with Crippen LogP contribution in [0, 0.1) is 0 Å². The van der Waals surface area contributed by atoms with Crippen LogP contribution in [0.5, 0.6) is 0 Å². The third-order valence-corrected chi connectivity index (χ3v) is 5.88. The number of rotatable bonds is 7.